The maximum atomic E-state index is 12.5. The first kappa shape index (κ1) is 23.9. The van der Waals surface area contributed by atoms with Crippen LogP contribution >= 0.6 is 11.3 Å². The van der Waals surface area contributed by atoms with Gasteiger partial charge < -0.3 is 20.1 Å². The third-order valence-corrected chi connectivity index (χ3v) is 7.48. The molecule has 0 spiro atoms. The average Bonchev–Trinajstić information content (AvgIpc) is 3.18. The number of carbonyl (C=O) groups is 2. The summed E-state index contributed by atoms with van der Waals surface area (Å²) in [5.41, 5.74) is 3.39. The number of β-amino-alcohol motifs (C(OH)–C–C–N with tert-alkyl or cyclic N) is 1. The summed E-state index contributed by atoms with van der Waals surface area (Å²) in [6.45, 7) is 3.18. The predicted octanol–water partition coefficient (Wildman–Crippen LogP) is 3.67. The van der Waals surface area contributed by atoms with E-state index in [1.807, 2.05) is 13.0 Å². The molecule has 0 radical (unpaired) electrons. The highest BCUT2D eigenvalue weighted by molar-refractivity contribution is 7.16. The van der Waals surface area contributed by atoms with Crippen LogP contribution in [0.3, 0.4) is 0 Å². The summed E-state index contributed by atoms with van der Waals surface area (Å²) in [4.78, 5) is 31.5. The van der Waals surface area contributed by atoms with Gasteiger partial charge in [-0.2, -0.15) is 5.26 Å². The SMILES string of the molecule is Cc1ccncc1C=CC(=O)Nc1sc2c(c1C#N)CCC(COC(=O)N1CCCC(O)C1)C2. The minimum Gasteiger partial charge on any atom is -0.449 e. The average molecular weight is 481 g/mol. The Bertz CT molecular complexity index is 1140. The Morgan fingerprint density at radius 3 is 3.06 bits per heavy atom. The quantitative estimate of drug-likeness (QED) is 0.631. The summed E-state index contributed by atoms with van der Waals surface area (Å²) in [6, 6.07) is 4.13. The molecule has 0 saturated carbocycles. The summed E-state index contributed by atoms with van der Waals surface area (Å²) in [7, 11) is 0. The Labute approximate surface area is 202 Å². The molecule has 2 amide bonds. The first-order valence-corrected chi connectivity index (χ1v) is 12.3. The summed E-state index contributed by atoms with van der Waals surface area (Å²) in [5, 5.41) is 22.9. The largest absolute Gasteiger partial charge is 0.449 e. The number of nitrogens with zero attached hydrogens (tertiary/aromatic N) is 3. The van der Waals surface area contributed by atoms with E-state index in [0.717, 1.165) is 34.4 Å². The van der Waals surface area contributed by atoms with Gasteiger partial charge in [0.1, 0.15) is 11.1 Å². The number of ether oxygens (including phenoxy) is 1. The number of aliphatic hydroxyl groups excluding tert-OH is 1. The van der Waals surface area contributed by atoms with Crippen molar-refractivity contribution >= 4 is 34.4 Å². The Balaban J connectivity index is 1.36. The van der Waals surface area contributed by atoms with Crippen LogP contribution in [0.5, 0.6) is 0 Å². The van der Waals surface area contributed by atoms with E-state index in [2.05, 4.69) is 16.4 Å². The lowest BCUT2D eigenvalue weighted by atomic mass is 9.88. The van der Waals surface area contributed by atoms with Crippen LogP contribution in [-0.2, 0) is 22.4 Å². The van der Waals surface area contributed by atoms with Crippen LogP contribution < -0.4 is 5.32 Å². The molecule has 0 bridgehead atoms. The molecule has 2 N–H and O–H groups in total. The molecule has 2 aliphatic rings. The number of piperidine rings is 1. The van der Waals surface area contributed by atoms with Gasteiger partial charge in [0.25, 0.3) is 0 Å². The highest BCUT2D eigenvalue weighted by atomic mass is 32.1. The van der Waals surface area contributed by atoms with Gasteiger partial charge in [0, 0.05) is 36.4 Å². The maximum Gasteiger partial charge on any atom is 0.409 e. The second kappa shape index (κ2) is 10.8. The van der Waals surface area contributed by atoms with E-state index in [-0.39, 0.29) is 17.9 Å². The number of carbonyl (C=O) groups excluding carboxylic acids is 2. The molecular formula is C25H28N4O4S. The molecule has 2 aromatic rings. The van der Waals surface area contributed by atoms with Gasteiger partial charge in [-0.05, 0) is 73.8 Å². The molecule has 2 unspecified atom stereocenters. The Hall–Kier alpha value is -3.22. The van der Waals surface area contributed by atoms with Crippen LogP contribution in [0.4, 0.5) is 9.80 Å². The second-order valence-electron chi connectivity index (χ2n) is 8.80. The number of rotatable bonds is 5. The molecule has 3 heterocycles. The van der Waals surface area contributed by atoms with Crippen LogP contribution in [0.2, 0.25) is 0 Å². The summed E-state index contributed by atoms with van der Waals surface area (Å²) in [6.07, 6.45) is 9.41. The fourth-order valence-electron chi connectivity index (χ4n) is 4.37. The topological polar surface area (TPSA) is 116 Å². The maximum absolute atomic E-state index is 12.5. The highest BCUT2D eigenvalue weighted by Gasteiger charge is 2.28. The van der Waals surface area contributed by atoms with Gasteiger partial charge >= 0.3 is 6.09 Å². The fraction of sp³-hybridized carbons (Fsp3) is 0.440. The number of anilines is 1. The van der Waals surface area contributed by atoms with E-state index in [1.165, 1.54) is 17.4 Å². The summed E-state index contributed by atoms with van der Waals surface area (Å²) >= 11 is 1.42. The lowest BCUT2D eigenvalue weighted by Gasteiger charge is -2.30. The first-order valence-electron chi connectivity index (χ1n) is 11.5. The third-order valence-electron chi connectivity index (χ3n) is 6.31. The number of hydrogen-bond donors (Lipinski definition) is 2. The van der Waals surface area contributed by atoms with Crippen molar-refractivity contribution in [1.82, 2.24) is 9.88 Å². The number of amides is 2. The van der Waals surface area contributed by atoms with Gasteiger partial charge in [-0.1, -0.05) is 0 Å². The minimum absolute atomic E-state index is 0.161. The molecule has 0 aromatic carbocycles. The van der Waals surface area contributed by atoms with Crippen LogP contribution in [0.25, 0.3) is 6.08 Å². The third kappa shape index (κ3) is 5.64. The number of aryl methyl sites for hydroxylation is 1. The molecule has 2 aromatic heterocycles. The first-order chi connectivity index (χ1) is 16.4. The minimum atomic E-state index is -0.481. The Morgan fingerprint density at radius 2 is 2.29 bits per heavy atom. The van der Waals surface area contributed by atoms with Crippen molar-refractivity contribution in [1.29, 1.82) is 5.26 Å². The number of hydrogen-bond acceptors (Lipinski definition) is 7. The molecule has 4 rings (SSSR count). The van der Waals surface area contributed by atoms with Gasteiger partial charge in [0.15, 0.2) is 0 Å². The number of fused-ring (bicyclic) bond motifs is 1. The molecular weight excluding hydrogens is 452 g/mol. The van der Waals surface area contributed by atoms with Gasteiger partial charge in [-0.15, -0.1) is 11.3 Å². The van der Waals surface area contributed by atoms with Crippen molar-refractivity contribution < 1.29 is 19.4 Å². The van der Waals surface area contributed by atoms with E-state index in [1.54, 1.807) is 23.4 Å². The zero-order chi connectivity index (χ0) is 24.1. The van der Waals surface area contributed by atoms with Crippen molar-refractivity contribution in [3.63, 3.8) is 0 Å². The number of thiophene rings is 1. The van der Waals surface area contributed by atoms with Gasteiger partial charge in [-0.3, -0.25) is 9.78 Å². The second-order valence-corrected chi connectivity index (χ2v) is 9.91. The van der Waals surface area contributed by atoms with Crippen LogP contribution in [-0.4, -0.2) is 52.8 Å². The number of aromatic nitrogens is 1. The molecule has 34 heavy (non-hydrogen) atoms. The predicted molar refractivity (Wildman–Crippen MR) is 129 cm³/mol. The van der Waals surface area contributed by atoms with E-state index in [9.17, 15) is 20.0 Å². The van der Waals surface area contributed by atoms with E-state index in [0.29, 0.717) is 49.5 Å². The lowest BCUT2D eigenvalue weighted by molar-refractivity contribution is -0.111. The molecule has 9 heteroatoms. The van der Waals surface area contributed by atoms with Crippen molar-refractivity contribution in [2.75, 3.05) is 25.0 Å². The summed E-state index contributed by atoms with van der Waals surface area (Å²) < 4.78 is 5.53. The number of aliphatic hydroxyl groups is 1. The van der Waals surface area contributed by atoms with Crippen LogP contribution in [0.1, 0.15) is 46.4 Å². The molecule has 1 aliphatic carbocycles. The molecule has 1 saturated heterocycles. The van der Waals surface area contributed by atoms with Gasteiger partial charge in [0.05, 0.1) is 18.3 Å². The molecule has 1 fully saturated rings. The van der Waals surface area contributed by atoms with E-state index >= 15 is 0 Å². The summed E-state index contributed by atoms with van der Waals surface area (Å²) in [5.74, 6) is -0.138. The fourth-order valence-corrected chi connectivity index (χ4v) is 5.69. The lowest BCUT2D eigenvalue weighted by Crippen LogP contribution is -2.42. The molecule has 1 aliphatic heterocycles. The van der Waals surface area contributed by atoms with E-state index in [4.69, 9.17) is 4.74 Å². The molecule has 178 valence electrons. The van der Waals surface area contributed by atoms with Crippen molar-refractivity contribution in [2.45, 2.75) is 45.1 Å². The Kier molecular flexibility index (Phi) is 7.60. The number of likely N-dealkylation sites (tertiary alicyclic amines) is 1. The zero-order valence-electron chi connectivity index (χ0n) is 19.1. The van der Waals surface area contributed by atoms with Crippen molar-refractivity contribution in [3.8, 4) is 6.07 Å². The Morgan fingerprint density at radius 1 is 1.44 bits per heavy atom. The van der Waals surface area contributed by atoms with Crippen LogP contribution in [0, 0.1) is 24.2 Å². The van der Waals surface area contributed by atoms with E-state index < -0.39 is 6.10 Å². The number of pyridine rings is 1. The smallest absolute Gasteiger partial charge is 0.409 e. The molecule has 2 atom stereocenters. The molecule has 8 nitrogen and oxygen atoms in total. The monoisotopic (exact) mass is 480 g/mol. The zero-order valence-corrected chi connectivity index (χ0v) is 19.9. The van der Waals surface area contributed by atoms with Gasteiger partial charge in [0.2, 0.25) is 5.91 Å². The van der Waals surface area contributed by atoms with Crippen LogP contribution in [0.15, 0.2) is 24.5 Å². The number of nitriles is 1. The van der Waals surface area contributed by atoms with Gasteiger partial charge in [-0.25, -0.2) is 4.79 Å². The standard InChI is InChI=1S/C25H28N4O4S/c1-16-8-9-27-13-18(16)5-7-23(31)28-24-21(12-26)20-6-4-17(11-22(20)34-24)15-33-25(32)29-10-2-3-19(30)14-29/h5,7-9,13,17,19,30H,2-4,6,10-11,14-15H2,1H3,(H,28,31). The highest BCUT2D eigenvalue weighted by Crippen LogP contribution is 2.39. The van der Waals surface area contributed by atoms with Crippen molar-refractivity contribution in [3.05, 3.63) is 51.7 Å². The number of nitrogens with one attached hydrogen (secondary N) is 1. The van der Waals surface area contributed by atoms with Crippen molar-refractivity contribution in [2.24, 2.45) is 5.92 Å². The normalized spacial score (nSPS) is 20.0.